The Hall–Kier alpha value is -2.07. The van der Waals surface area contributed by atoms with Gasteiger partial charge < -0.3 is 5.48 Å². The minimum absolute atomic E-state index is 0. The highest BCUT2D eigenvalue weighted by Crippen LogP contribution is 2.14. The molecule has 0 bridgehead atoms. The number of halogens is 2. The van der Waals surface area contributed by atoms with Gasteiger partial charge in [0.25, 0.3) is 0 Å². The largest absolute Gasteiger partial charge is 0.412 e. The van der Waals surface area contributed by atoms with Crippen LogP contribution in [0.2, 0.25) is 0 Å². The third kappa shape index (κ3) is 2.73. The molecular formula is C13H10F2O2. The van der Waals surface area contributed by atoms with Crippen molar-refractivity contribution in [3.8, 4) is 0 Å². The molecule has 0 aliphatic heterocycles. The van der Waals surface area contributed by atoms with Crippen LogP contribution < -0.4 is 0 Å². The summed E-state index contributed by atoms with van der Waals surface area (Å²) in [6, 6.07) is 11.2. The lowest BCUT2D eigenvalue weighted by Crippen LogP contribution is -2.04. The molecule has 0 aliphatic carbocycles. The van der Waals surface area contributed by atoms with Crippen LogP contribution in [0.3, 0.4) is 0 Å². The molecule has 0 spiro atoms. The number of benzene rings is 2. The van der Waals surface area contributed by atoms with E-state index < -0.39 is 17.4 Å². The first-order chi connectivity index (χ1) is 7.68. The van der Waals surface area contributed by atoms with E-state index in [1.807, 2.05) is 0 Å². The van der Waals surface area contributed by atoms with Crippen LogP contribution in [0.5, 0.6) is 0 Å². The Labute approximate surface area is 96.8 Å². The van der Waals surface area contributed by atoms with Crippen LogP contribution in [0, 0.1) is 11.6 Å². The summed E-state index contributed by atoms with van der Waals surface area (Å²) in [5.74, 6) is -1.98. The molecule has 2 aromatic rings. The number of hydrogen-bond acceptors (Lipinski definition) is 1. The van der Waals surface area contributed by atoms with Gasteiger partial charge in [-0.3, -0.25) is 4.79 Å². The third-order valence-corrected chi connectivity index (χ3v) is 2.21. The van der Waals surface area contributed by atoms with Crippen LogP contribution in [-0.4, -0.2) is 11.3 Å². The van der Waals surface area contributed by atoms with E-state index in [9.17, 15) is 13.6 Å². The van der Waals surface area contributed by atoms with E-state index in [1.165, 1.54) is 0 Å². The highest BCUT2D eigenvalue weighted by atomic mass is 19.1. The molecule has 0 amide bonds. The lowest BCUT2D eigenvalue weighted by atomic mass is 10.0. The molecule has 88 valence electrons. The first kappa shape index (κ1) is 13.0. The van der Waals surface area contributed by atoms with Crippen molar-refractivity contribution >= 4 is 5.78 Å². The Morgan fingerprint density at radius 3 is 2.18 bits per heavy atom. The van der Waals surface area contributed by atoms with Crippen molar-refractivity contribution in [2.24, 2.45) is 0 Å². The highest BCUT2D eigenvalue weighted by molar-refractivity contribution is 6.09. The summed E-state index contributed by atoms with van der Waals surface area (Å²) in [5, 5.41) is 0. The van der Waals surface area contributed by atoms with E-state index in [2.05, 4.69) is 0 Å². The van der Waals surface area contributed by atoms with Crippen LogP contribution in [0.25, 0.3) is 0 Å². The van der Waals surface area contributed by atoms with E-state index in [4.69, 9.17) is 0 Å². The number of carbonyl (C=O) groups is 1. The topological polar surface area (TPSA) is 48.6 Å². The molecule has 0 aromatic heterocycles. The fourth-order valence-electron chi connectivity index (χ4n) is 1.42. The van der Waals surface area contributed by atoms with E-state index in [-0.39, 0.29) is 11.0 Å². The van der Waals surface area contributed by atoms with Crippen LogP contribution in [0.1, 0.15) is 15.9 Å². The molecule has 0 aliphatic rings. The van der Waals surface area contributed by atoms with E-state index in [1.54, 1.807) is 30.3 Å². The summed E-state index contributed by atoms with van der Waals surface area (Å²) in [5.41, 5.74) is 0.264. The van der Waals surface area contributed by atoms with Crippen LogP contribution in [0.4, 0.5) is 8.78 Å². The van der Waals surface area contributed by atoms with Crippen molar-refractivity contribution in [2.75, 3.05) is 0 Å². The van der Waals surface area contributed by atoms with E-state index in [0.717, 1.165) is 12.1 Å². The molecule has 2 N–H and O–H groups in total. The zero-order valence-electron chi connectivity index (χ0n) is 8.78. The standard InChI is InChI=1S/C13H8F2O.H2O/c14-10-6-7-11(12(15)8-10)13(16)9-4-2-1-3-5-9;/h1-8H;1H2. The molecule has 0 atom stereocenters. The van der Waals surface area contributed by atoms with Gasteiger partial charge in [0.2, 0.25) is 0 Å². The summed E-state index contributed by atoms with van der Waals surface area (Å²) in [7, 11) is 0. The van der Waals surface area contributed by atoms with Crippen LogP contribution >= 0.6 is 0 Å². The number of carbonyl (C=O) groups excluding carboxylic acids is 1. The Kier molecular flexibility index (Phi) is 4.06. The Morgan fingerprint density at radius 2 is 1.59 bits per heavy atom. The van der Waals surface area contributed by atoms with Gasteiger partial charge in [-0.05, 0) is 12.1 Å². The zero-order chi connectivity index (χ0) is 11.5. The molecule has 4 heteroatoms. The SMILES string of the molecule is O.O=C(c1ccccc1)c1ccc(F)cc1F. The van der Waals surface area contributed by atoms with Crippen molar-refractivity contribution in [1.29, 1.82) is 0 Å². The molecule has 0 saturated carbocycles. The fourth-order valence-corrected chi connectivity index (χ4v) is 1.42. The summed E-state index contributed by atoms with van der Waals surface area (Å²) < 4.78 is 26.0. The van der Waals surface area contributed by atoms with Crippen LogP contribution in [-0.2, 0) is 0 Å². The summed E-state index contributed by atoms with van der Waals surface area (Å²) in [6.45, 7) is 0. The second-order valence-corrected chi connectivity index (χ2v) is 3.32. The monoisotopic (exact) mass is 236 g/mol. The lowest BCUT2D eigenvalue weighted by Gasteiger charge is -2.02. The predicted octanol–water partition coefficient (Wildman–Crippen LogP) is 2.37. The lowest BCUT2D eigenvalue weighted by molar-refractivity contribution is 0.103. The molecule has 2 aromatic carbocycles. The van der Waals surface area contributed by atoms with Gasteiger partial charge in [0.15, 0.2) is 5.78 Å². The molecular weight excluding hydrogens is 226 g/mol. The molecule has 2 nitrogen and oxygen atoms in total. The van der Waals surface area contributed by atoms with Gasteiger partial charge in [-0.1, -0.05) is 30.3 Å². The predicted molar refractivity (Wildman–Crippen MR) is 59.8 cm³/mol. The molecule has 0 unspecified atom stereocenters. The van der Waals surface area contributed by atoms with E-state index >= 15 is 0 Å². The van der Waals surface area contributed by atoms with Crippen molar-refractivity contribution in [3.05, 3.63) is 71.3 Å². The molecule has 2 rings (SSSR count). The first-order valence-electron chi connectivity index (χ1n) is 4.73. The highest BCUT2D eigenvalue weighted by Gasteiger charge is 2.13. The number of ketones is 1. The van der Waals surface area contributed by atoms with Crippen molar-refractivity contribution in [2.45, 2.75) is 0 Å². The number of hydrogen-bond donors (Lipinski definition) is 0. The number of rotatable bonds is 2. The van der Waals surface area contributed by atoms with Crippen LogP contribution in [0.15, 0.2) is 48.5 Å². The average molecular weight is 236 g/mol. The zero-order valence-corrected chi connectivity index (χ0v) is 8.78. The van der Waals surface area contributed by atoms with Crippen molar-refractivity contribution in [1.82, 2.24) is 0 Å². The summed E-state index contributed by atoms with van der Waals surface area (Å²) >= 11 is 0. The van der Waals surface area contributed by atoms with Gasteiger partial charge in [-0.2, -0.15) is 0 Å². The first-order valence-corrected chi connectivity index (χ1v) is 4.73. The van der Waals surface area contributed by atoms with Gasteiger partial charge >= 0.3 is 0 Å². The van der Waals surface area contributed by atoms with Gasteiger partial charge in [0.1, 0.15) is 11.6 Å². The van der Waals surface area contributed by atoms with Gasteiger partial charge in [-0.25, -0.2) is 8.78 Å². The maximum absolute atomic E-state index is 13.3. The minimum Gasteiger partial charge on any atom is -0.412 e. The Bertz CT molecular complexity index is 524. The normalized spacial score (nSPS) is 9.53. The molecule has 0 saturated heterocycles. The second kappa shape index (κ2) is 5.32. The molecule has 0 radical (unpaired) electrons. The molecule has 17 heavy (non-hydrogen) atoms. The summed E-state index contributed by atoms with van der Waals surface area (Å²) in [4.78, 5) is 11.8. The maximum atomic E-state index is 13.3. The van der Waals surface area contributed by atoms with Gasteiger partial charge in [0.05, 0.1) is 5.56 Å². The van der Waals surface area contributed by atoms with Gasteiger partial charge in [0, 0.05) is 11.6 Å². The maximum Gasteiger partial charge on any atom is 0.195 e. The fraction of sp³-hybridized carbons (Fsp3) is 0. The van der Waals surface area contributed by atoms with Crippen molar-refractivity contribution in [3.63, 3.8) is 0 Å². The van der Waals surface area contributed by atoms with Gasteiger partial charge in [-0.15, -0.1) is 0 Å². The quantitative estimate of drug-likeness (QED) is 0.738. The molecule has 0 heterocycles. The summed E-state index contributed by atoms with van der Waals surface area (Å²) in [6.07, 6.45) is 0. The Morgan fingerprint density at radius 1 is 0.941 bits per heavy atom. The van der Waals surface area contributed by atoms with E-state index in [0.29, 0.717) is 11.6 Å². The Balaban J connectivity index is 0.00000144. The average Bonchev–Trinajstić information content (AvgIpc) is 2.29. The minimum atomic E-state index is -0.839. The smallest absolute Gasteiger partial charge is 0.195 e. The van der Waals surface area contributed by atoms with Crippen molar-refractivity contribution < 1.29 is 19.1 Å². The molecule has 0 fully saturated rings. The second-order valence-electron chi connectivity index (χ2n) is 3.32. The third-order valence-electron chi connectivity index (χ3n) is 2.21.